The highest BCUT2D eigenvalue weighted by atomic mass is 15.4. The Kier molecular flexibility index (Phi) is 4.33. The van der Waals surface area contributed by atoms with Crippen molar-refractivity contribution < 1.29 is 0 Å². The largest absolute Gasteiger partial charge is 0.288 e. The van der Waals surface area contributed by atoms with Crippen LogP contribution in [0, 0.1) is 0 Å². The third kappa shape index (κ3) is 2.51. The normalized spacial score (nSPS) is 12.1. The van der Waals surface area contributed by atoms with Gasteiger partial charge in [0.1, 0.15) is 0 Å². The van der Waals surface area contributed by atoms with Gasteiger partial charge in [-0.15, -0.1) is 0 Å². The monoisotopic (exact) mass is 138 g/mol. The fourth-order valence-electron chi connectivity index (χ4n) is 0.619. The number of nitrogens with zero attached hydrogens (tertiary/aromatic N) is 1. The molecule has 56 valence electrons. The molecule has 0 amide bonds. The second-order valence-electron chi connectivity index (χ2n) is 1.81. The minimum Gasteiger partial charge on any atom is -0.288 e. The van der Waals surface area contributed by atoms with Crippen molar-refractivity contribution in [1.29, 1.82) is 0 Å². The first kappa shape index (κ1) is 8.98. The van der Waals surface area contributed by atoms with E-state index in [1.54, 1.807) is 12.3 Å². The van der Waals surface area contributed by atoms with Gasteiger partial charge in [0.2, 0.25) is 0 Å². The Hall–Kier alpha value is -1.02. The van der Waals surface area contributed by atoms with Gasteiger partial charge in [0, 0.05) is 6.20 Å². The lowest BCUT2D eigenvalue weighted by Crippen LogP contribution is -2.22. The molecule has 0 saturated carbocycles. The number of allylic oxidation sites excluding steroid dienone is 3. The lowest BCUT2D eigenvalue weighted by Gasteiger charge is -2.12. The van der Waals surface area contributed by atoms with Gasteiger partial charge >= 0.3 is 0 Å². The second kappa shape index (κ2) is 4.82. The molecule has 0 aromatic heterocycles. The van der Waals surface area contributed by atoms with Crippen LogP contribution in [0.3, 0.4) is 0 Å². The molecule has 0 fully saturated rings. The van der Waals surface area contributed by atoms with Gasteiger partial charge in [0.25, 0.3) is 0 Å². The summed E-state index contributed by atoms with van der Waals surface area (Å²) in [7, 11) is 0. The van der Waals surface area contributed by atoms with Crippen LogP contribution in [0.5, 0.6) is 0 Å². The average molecular weight is 138 g/mol. The molecule has 10 heavy (non-hydrogen) atoms. The molecule has 0 heterocycles. The lowest BCUT2D eigenvalue weighted by atomic mass is 10.4. The molecule has 0 rings (SSSR count). The van der Waals surface area contributed by atoms with E-state index in [0.717, 1.165) is 5.70 Å². The van der Waals surface area contributed by atoms with E-state index in [0.29, 0.717) is 0 Å². The topological polar surface area (TPSA) is 29.3 Å². The number of hydrogen-bond acceptors (Lipinski definition) is 2. The van der Waals surface area contributed by atoms with Gasteiger partial charge in [-0.2, -0.15) is 0 Å². The highest BCUT2D eigenvalue weighted by Gasteiger charge is 1.91. The number of nitrogens with two attached hydrogens (primary N) is 1. The van der Waals surface area contributed by atoms with Gasteiger partial charge in [-0.25, -0.2) is 5.84 Å². The predicted octanol–water partition coefficient (Wildman–Crippen LogP) is 1.79. The van der Waals surface area contributed by atoms with E-state index >= 15 is 0 Å². The average Bonchev–Trinajstić information content (AvgIpc) is 1.91. The van der Waals surface area contributed by atoms with Gasteiger partial charge in [-0.3, -0.25) is 5.01 Å². The van der Waals surface area contributed by atoms with Crippen molar-refractivity contribution in [1.82, 2.24) is 5.01 Å². The fourth-order valence-corrected chi connectivity index (χ4v) is 0.619. The molecule has 0 atom stereocenters. The number of rotatable bonds is 3. The second-order valence-corrected chi connectivity index (χ2v) is 1.81. The van der Waals surface area contributed by atoms with Crippen LogP contribution < -0.4 is 5.84 Å². The third-order valence-electron chi connectivity index (χ3n) is 1.11. The quantitative estimate of drug-likeness (QED) is 0.366. The Morgan fingerprint density at radius 3 is 2.40 bits per heavy atom. The lowest BCUT2D eigenvalue weighted by molar-refractivity contribution is 0.507. The Labute approximate surface area is 62.3 Å². The zero-order valence-corrected chi connectivity index (χ0v) is 6.54. The summed E-state index contributed by atoms with van der Waals surface area (Å²) in [6.07, 6.45) is 7.25. The molecule has 0 aromatic carbocycles. The highest BCUT2D eigenvalue weighted by Crippen LogP contribution is 1.98. The van der Waals surface area contributed by atoms with E-state index in [4.69, 9.17) is 5.84 Å². The summed E-state index contributed by atoms with van der Waals surface area (Å²) in [4.78, 5) is 0. The van der Waals surface area contributed by atoms with E-state index < -0.39 is 0 Å². The minimum atomic E-state index is 0.901. The van der Waals surface area contributed by atoms with Crippen molar-refractivity contribution in [3.8, 4) is 0 Å². The maximum atomic E-state index is 5.56. The molecule has 0 radical (unpaired) electrons. The summed E-state index contributed by atoms with van der Waals surface area (Å²) < 4.78 is 0. The number of hydrogen-bond donors (Lipinski definition) is 1. The maximum Gasteiger partial charge on any atom is 0.0519 e. The molecule has 2 N–H and O–H groups in total. The molecule has 0 aliphatic rings. The van der Waals surface area contributed by atoms with Crippen molar-refractivity contribution in [3.63, 3.8) is 0 Å². The smallest absolute Gasteiger partial charge is 0.0519 e. The Morgan fingerprint density at radius 1 is 1.50 bits per heavy atom. The molecule has 0 aliphatic heterocycles. The minimum absolute atomic E-state index is 0.901. The first-order valence-corrected chi connectivity index (χ1v) is 3.21. The Morgan fingerprint density at radius 2 is 2.10 bits per heavy atom. The Bertz CT molecular complexity index is 157. The summed E-state index contributed by atoms with van der Waals surface area (Å²) in [6.45, 7) is 7.44. The van der Waals surface area contributed by atoms with Gasteiger partial charge in [-0.05, 0) is 19.9 Å². The molecular formula is C8H14N2. The van der Waals surface area contributed by atoms with Crippen molar-refractivity contribution in [2.45, 2.75) is 13.8 Å². The molecule has 0 bridgehead atoms. The van der Waals surface area contributed by atoms with Crippen molar-refractivity contribution >= 4 is 0 Å². The zero-order valence-electron chi connectivity index (χ0n) is 6.54. The van der Waals surface area contributed by atoms with Crippen LogP contribution in [0.2, 0.25) is 0 Å². The summed E-state index contributed by atoms with van der Waals surface area (Å²) in [5.41, 5.74) is 0.901. The third-order valence-corrected chi connectivity index (χ3v) is 1.11. The van der Waals surface area contributed by atoms with Gasteiger partial charge in [0.05, 0.1) is 5.70 Å². The van der Waals surface area contributed by atoms with E-state index in [9.17, 15) is 0 Å². The Balaban J connectivity index is 4.16. The van der Waals surface area contributed by atoms with Gasteiger partial charge in [0.15, 0.2) is 0 Å². The standard InChI is InChI=1S/C8H14N2/c1-4-7-10(9)8(5-2)6-3/h4-7H,2,9H2,1,3H3/b7-4-,8-6-. The first-order valence-electron chi connectivity index (χ1n) is 3.21. The van der Waals surface area contributed by atoms with Crippen molar-refractivity contribution in [3.05, 3.63) is 36.7 Å². The molecule has 0 saturated heterocycles. The van der Waals surface area contributed by atoms with Gasteiger partial charge in [-0.1, -0.05) is 18.7 Å². The van der Waals surface area contributed by atoms with Crippen molar-refractivity contribution in [2.75, 3.05) is 0 Å². The van der Waals surface area contributed by atoms with Crippen LogP contribution in [0.25, 0.3) is 0 Å². The van der Waals surface area contributed by atoms with E-state index in [1.807, 2.05) is 26.0 Å². The first-order chi connectivity index (χ1) is 4.76. The molecule has 0 unspecified atom stereocenters. The number of hydrazine groups is 1. The molecule has 0 aromatic rings. The molecule has 0 spiro atoms. The van der Waals surface area contributed by atoms with Crippen LogP contribution in [0.15, 0.2) is 36.7 Å². The van der Waals surface area contributed by atoms with Crippen LogP contribution in [-0.4, -0.2) is 5.01 Å². The molecule has 2 heteroatoms. The van der Waals surface area contributed by atoms with Crippen molar-refractivity contribution in [2.24, 2.45) is 5.84 Å². The van der Waals surface area contributed by atoms with Gasteiger partial charge < -0.3 is 0 Å². The highest BCUT2D eigenvalue weighted by molar-refractivity contribution is 5.14. The van der Waals surface area contributed by atoms with E-state index in [2.05, 4.69) is 6.58 Å². The summed E-state index contributed by atoms with van der Waals surface area (Å²) in [5, 5.41) is 1.52. The van der Waals surface area contributed by atoms with E-state index in [1.165, 1.54) is 5.01 Å². The zero-order chi connectivity index (χ0) is 7.98. The SMILES string of the molecule is C=C/C(=C/C)N(N)/C=C\C. The maximum absolute atomic E-state index is 5.56. The summed E-state index contributed by atoms with van der Waals surface area (Å²) >= 11 is 0. The fraction of sp³-hybridized carbons (Fsp3) is 0.250. The van der Waals surface area contributed by atoms with Crippen LogP contribution in [0.4, 0.5) is 0 Å². The van der Waals surface area contributed by atoms with Crippen LogP contribution >= 0.6 is 0 Å². The summed E-state index contributed by atoms with van der Waals surface area (Å²) in [5.74, 6) is 5.56. The predicted molar refractivity (Wildman–Crippen MR) is 44.8 cm³/mol. The molecule has 2 nitrogen and oxygen atoms in total. The van der Waals surface area contributed by atoms with Crippen LogP contribution in [0.1, 0.15) is 13.8 Å². The molecular weight excluding hydrogens is 124 g/mol. The van der Waals surface area contributed by atoms with Crippen LogP contribution in [-0.2, 0) is 0 Å². The molecule has 0 aliphatic carbocycles. The summed E-state index contributed by atoms with van der Waals surface area (Å²) in [6, 6.07) is 0. The van der Waals surface area contributed by atoms with E-state index in [-0.39, 0.29) is 0 Å².